The minimum Gasteiger partial charge on any atom is -0.311 e. The minimum atomic E-state index is 0.700. The normalized spacial score (nSPS) is 18.1. The summed E-state index contributed by atoms with van der Waals surface area (Å²) < 4.78 is 3.09. The quantitative estimate of drug-likeness (QED) is 0.869. The lowest BCUT2D eigenvalue weighted by atomic mass is 10.1. The van der Waals surface area contributed by atoms with Crippen LogP contribution in [0.1, 0.15) is 31.2 Å². The number of rotatable bonds is 6. The van der Waals surface area contributed by atoms with Crippen LogP contribution < -0.4 is 5.32 Å². The fraction of sp³-hybridized carbons (Fsp3) is 0.786. The number of nitrogens with zero attached hydrogens (tertiary/aromatic N) is 3. The van der Waals surface area contributed by atoms with E-state index in [1.807, 2.05) is 18.7 Å². The smallest absolute Gasteiger partial charge is 0.0739 e. The summed E-state index contributed by atoms with van der Waals surface area (Å²) in [6, 6.07) is 0. The molecule has 1 unspecified atom stereocenters. The highest BCUT2D eigenvalue weighted by Crippen LogP contribution is 2.19. The summed E-state index contributed by atoms with van der Waals surface area (Å²) in [6.45, 7) is 10.1. The van der Waals surface area contributed by atoms with Crippen LogP contribution >= 0.6 is 15.9 Å². The Hall–Kier alpha value is -0.390. The SMILES string of the molecule is Cc1nn(C)c(CNCC(C)CN2CCCC2)c1Br. The summed E-state index contributed by atoms with van der Waals surface area (Å²) in [4.78, 5) is 2.58. The van der Waals surface area contributed by atoms with Gasteiger partial charge in [0.2, 0.25) is 0 Å². The van der Waals surface area contributed by atoms with E-state index < -0.39 is 0 Å². The summed E-state index contributed by atoms with van der Waals surface area (Å²) in [7, 11) is 2.00. The Kier molecular flexibility index (Phi) is 5.42. The lowest BCUT2D eigenvalue weighted by Crippen LogP contribution is -2.31. The monoisotopic (exact) mass is 328 g/mol. The first kappa shape index (κ1) is 15.0. The van der Waals surface area contributed by atoms with E-state index in [1.54, 1.807) is 0 Å². The van der Waals surface area contributed by atoms with Gasteiger partial charge in [-0.2, -0.15) is 5.10 Å². The maximum absolute atomic E-state index is 4.41. The van der Waals surface area contributed by atoms with Gasteiger partial charge in [-0.25, -0.2) is 0 Å². The lowest BCUT2D eigenvalue weighted by Gasteiger charge is -2.20. The van der Waals surface area contributed by atoms with Crippen LogP contribution in [0.2, 0.25) is 0 Å². The van der Waals surface area contributed by atoms with Gasteiger partial charge in [0, 0.05) is 20.1 Å². The highest BCUT2D eigenvalue weighted by Gasteiger charge is 2.15. The van der Waals surface area contributed by atoms with Crippen LogP contribution in [0, 0.1) is 12.8 Å². The van der Waals surface area contributed by atoms with Crippen molar-refractivity contribution in [1.29, 1.82) is 0 Å². The Morgan fingerprint density at radius 2 is 2.05 bits per heavy atom. The Balaban J connectivity index is 1.73. The fourth-order valence-electron chi connectivity index (χ4n) is 2.78. The van der Waals surface area contributed by atoms with E-state index in [4.69, 9.17) is 0 Å². The second-order valence-corrected chi connectivity index (χ2v) is 6.51. The topological polar surface area (TPSA) is 33.1 Å². The van der Waals surface area contributed by atoms with E-state index in [0.29, 0.717) is 5.92 Å². The lowest BCUT2D eigenvalue weighted by molar-refractivity contribution is 0.282. The highest BCUT2D eigenvalue weighted by atomic mass is 79.9. The average molecular weight is 329 g/mol. The molecule has 1 N–H and O–H groups in total. The predicted molar refractivity (Wildman–Crippen MR) is 82.2 cm³/mol. The van der Waals surface area contributed by atoms with Crippen molar-refractivity contribution in [2.45, 2.75) is 33.2 Å². The Bertz CT molecular complexity index is 410. The van der Waals surface area contributed by atoms with Gasteiger partial charge in [-0.1, -0.05) is 6.92 Å². The van der Waals surface area contributed by atoms with Crippen LogP contribution in [0.5, 0.6) is 0 Å². The van der Waals surface area contributed by atoms with E-state index in [0.717, 1.165) is 23.3 Å². The third-order valence-electron chi connectivity index (χ3n) is 3.82. The molecule has 108 valence electrons. The second kappa shape index (κ2) is 6.86. The van der Waals surface area contributed by atoms with Gasteiger partial charge in [-0.15, -0.1) is 0 Å². The van der Waals surface area contributed by atoms with Crippen LogP contribution in [-0.2, 0) is 13.6 Å². The molecule has 1 aliphatic heterocycles. The van der Waals surface area contributed by atoms with Crippen molar-refractivity contribution in [1.82, 2.24) is 20.0 Å². The highest BCUT2D eigenvalue weighted by molar-refractivity contribution is 9.10. The molecule has 2 rings (SSSR count). The molecule has 0 saturated carbocycles. The van der Waals surface area contributed by atoms with Crippen LogP contribution in [0.25, 0.3) is 0 Å². The van der Waals surface area contributed by atoms with Crippen molar-refractivity contribution in [3.8, 4) is 0 Å². The number of halogens is 1. The summed E-state index contributed by atoms with van der Waals surface area (Å²) in [6.07, 6.45) is 2.75. The van der Waals surface area contributed by atoms with Crippen molar-refractivity contribution in [3.63, 3.8) is 0 Å². The van der Waals surface area contributed by atoms with E-state index >= 15 is 0 Å². The molecule has 1 aliphatic rings. The zero-order valence-electron chi connectivity index (χ0n) is 12.2. The zero-order chi connectivity index (χ0) is 13.8. The molecule has 1 saturated heterocycles. The number of likely N-dealkylation sites (tertiary alicyclic amines) is 1. The molecule has 0 aromatic carbocycles. The van der Waals surface area contributed by atoms with Gasteiger partial charge >= 0.3 is 0 Å². The molecule has 1 aromatic rings. The van der Waals surface area contributed by atoms with E-state index in [-0.39, 0.29) is 0 Å². The fourth-order valence-corrected chi connectivity index (χ4v) is 3.26. The number of hydrogen-bond donors (Lipinski definition) is 1. The van der Waals surface area contributed by atoms with Gasteiger partial charge in [-0.05, 0) is 61.2 Å². The van der Waals surface area contributed by atoms with Crippen molar-refractivity contribution in [2.24, 2.45) is 13.0 Å². The molecular weight excluding hydrogens is 304 g/mol. The van der Waals surface area contributed by atoms with Crippen molar-refractivity contribution < 1.29 is 0 Å². The molecule has 0 radical (unpaired) electrons. The molecule has 0 bridgehead atoms. The predicted octanol–water partition coefficient (Wildman–Crippen LogP) is 2.31. The van der Waals surface area contributed by atoms with Crippen LogP contribution in [0.3, 0.4) is 0 Å². The Labute approximate surface area is 124 Å². The van der Waals surface area contributed by atoms with E-state index in [2.05, 4.69) is 38.2 Å². The Morgan fingerprint density at radius 1 is 1.37 bits per heavy atom. The molecule has 1 fully saturated rings. The second-order valence-electron chi connectivity index (χ2n) is 5.71. The number of nitrogens with one attached hydrogen (secondary N) is 1. The van der Waals surface area contributed by atoms with Crippen LogP contribution in [-0.4, -0.2) is 40.9 Å². The summed E-state index contributed by atoms with van der Waals surface area (Å²) in [5, 5.41) is 7.97. The molecule has 1 atom stereocenters. The first-order valence-corrected chi connectivity index (χ1v) is 7.98. The van der Waals surface area contributed by atoms with Crippen molar-refractivity contribution in [2.75, 3.05) is 26.2 Å². The zero-order valence-corrected chi connectivity index (χ0v) is 13.8. The maximum atomic E-state index is 4.41. The molecule has 1 aromatic heterocycles. The molecule has 0 spiro atoms. The van der Waals surface area contributed by atoms with E-state index in [9.17, 15) is 0 Å². The van der Waals surface area contributed by atoms with Gasteiger partial charge in [0.05, 0.1) is 15.9 Å². The maximum Gasteiger partial charge on any atom is 0.0739 e. The Morgan fingerprint density at radius 3 is 2.63 bits per heavy atom. The molecule has 19 heavy (non-hydrogen) atoms. The standard InChI is InChI=1S/C14H25BrN4/c1-11(10-19-6-4-5-7-19)8-16-9-13-14(15)12(2)17-18(13)3/h11,16H,4-10H2,1-3H3. The number of hydrogen-bond acceptors (Lipinski definition) is 3. The molecule has 4 nitrogen and oxygen atoms in total. The first-order chi connectivity index (χ1) is 9.08. The average Bonchev–Trinajstić information content (AvgIpc) is 2.93. The summed E-state index contributed by atoms with van der Waals surface area (Å²) in [5.74, 6) is 0.700. The summed E-state index contributed by atoms with van der Waals surface area (Å²) >= 11 is 3.61. The minimum absolute atomic E-state index is 0.700. The molecule has 0 aliphatic carbocycles. The largest absolute Gasteiger partial charge is 0.311 e. The number of aryl methyl sites for hydroxylation is 2. The molecule has 5 heteroatoms. The number of aromatic nitrogens is 2. The molecule has 0 amide bonds. The van der Waals surface area contributed by atoms with Crippen molar-refractivity contribution >= 4 is 15.9 Å². The van der Waals surface area contributed by atoms with Gasteiger partial charge in [-0.3, -0.25) is 4.68 Å². The van der Waals surface area contributed by atoms with Gasteiger partial charge in [0.25, 0.3) is 0 Å². The van der Waals surface area contributed by atoms with Gasteiger partial charge in [0.15, 0.2) is 0 Å². The third kappa shape index (κ3) is 4.04. The van der Waals surface area contributed by atoms with Gasteiger partial charge < -0.3 is 10.2 Å². The molecule has 2 heterocycles. The molecular formula is C14H25BrN4. The van der Waals surface area contributed by atoms with Crippen LogP contribution in [0.15, 0.2) is 4.47 Å². The van der Waals surface area contributed by atoms with Gasteiger partial charge in [0.1, 0.15) is 0 Å². The van der Waals surface area contributed by atoms with E-state index in [1.165, 1.54) is 38.2 Å². The first-order valence-electron chi connectivity index (χ1n) is 7.19. The van der Waals surface area contributed by atoms with Crippen molar-refractivity contribution in [3.05, 3.63) is 15.9 Å². The summed E-state index contributed by atoms with van der Waals surface area (Å²) in [5.41, 5.74) is 2.29. The third-order valence-corrected chi connectivity index (χ3v) is 4.85. The van der Waals surface area contributed by atoms with Crippen LogP contribution in [0.4, 0.5) is 0 Å².